The summed E-state index contributed by atoms with van der Waals surface area (Å²) < 4.78 is 66.0. The van der Waals surface area contributed by atoms with Crippen LogP contribution in [0.4, 0.5) is 18.9 Å². The predicted molar refractivity (Wildman–Crippen MR) is 166 cm³/mol. The van der Waals surface area contributed by atoms with Gasteiger partial charge in [-0.05, 0) is 56.0 Å². The number of halogens is 3. The first-order chi connectivity index (χ1) is 20.7. The van der Waals surface area contributed by atoms with Gasteiger partial charge in [0, 0.05) is 32.0 Å². The highest BCUT2D eigenvalue weighted by atomic mass is 32.2. The molecule has 11 heteroatoms. The lowest BCUT2D eigenvalue weighted by Gasteiger charge is -2.33. The van der Waals surface area contributed by atoms with Gasteiger partial charge in [0.25, 0.3) is 0 Å². The Labute approximate surface area is 258 Å². The summed E-state index contributed by atoms with van der Waals surface area (Å²) in [7, 11) is -3.96. The maximum atomic E-state index is 13.9. The summed E-state index contributed by atoms with van der Waals surface area (Å²) in [6.45, 7) is 5.71. The molecule has 0 aliphatic rings. The summed E-state index contributed by atoms with van der Waals surface area (Å²) >= 11 is 0. The quantitative estimate of drug-likeness (QED) is 0.233. The predicted octanol–water partition coefficient (Wildman–Crippen LogP) is 6.11. The third-order valence-electron chi connectivity index (χ3n) is 7.36. The maximum absolute atomic E-state index is 13.9. The van der Waals surface area contributed by atoms with Gasteiger partial charge in [0.2, 0.25) is 21.8 Å². The number of carbonyl (C=O) groups excluding carboxylic acids is 2. The third kappa shape index (κ3) is 10.1. The number of hydrogen-bond acceptors (Lipinski definition) is 4. The summed E-state index contributed by atoms with van der Waals surface area (Å²) in [5.41, 5.74) is 1.62. The monoisotopic (exact) mass is 631 g/mol. The third-order valence-corrected chi connectivity index (χ3v) is 8.55. The van der Waals surface area contributed by atoms with E-state index >= 15 is 0 Å². The van der Waals surface area contributed by atoms with E-state index in [9.17, 15) is 31.2 Å². The lowest BCUT2D eigenvalue weighted by Crippen LogP contribution is -2.52. The van der Waals surface area contributed by atoms with Crippen LogP contribution in [0.3, 0.4) is 0 Å². The number of amides is 2. The molecule has 0 saturated heterocycles. The highest BCUT2D eigenvalue weighted by Crippen LogP contribution is 2.32. The van der Waals surface area contributed by atoms with Crippen LogP contribution in [0.1, 0.15) is 55.4 Å². The summed E-state index contributed by atoms with van der Waals surface area (Å²) in [5, 5.41) is 3.00. The number of anilines is 1. The van der Waals surface area contributed by atoms with Crippen molar-refractivity contribution in [1.29, 1.82) is 0 Å². The van der Waals surface area contributed by atoms with Crippen LogP contribution in [0.5, 0.6) is 0 Å². The Morgan fingerprint density at radius 3 is 2.18 bits per heavy atom. The van der Waals surface area contributed by atoms with Crippen molar-refractivity contribution in [3.8, 4) is 0 Å². The highest BCUT2D eigenvalue weighted by molar-refractivity contribution is 7.92. The molecule has 7 nitrogen and oxygen atoms in total. The number of carbonyl (C=O) groups is 2. The minimum Gasteiger partial charge on any atom is -0.352 e. The summed E-state index contributed by atoms with van der Waals surface area (Å²) in [5.74, 6) is -0.673. The smallest absolute Gasteiger partial charge is 0.352 e. The van der Waals surface area contributed by atoms with Crippen molar-refractivity contribution < 1.29 is 31.2 Å². The van der Waals surface area contributed by atoms with Crippen molar-refractivity contribution in [1.82, 2.24) is 10.2 Å². The van der Waals surface area contributed by atoms with Crippen LogP contribution in [0.25, 0.3) is 0 Å². The molecule has 238 valence electrons. The fourth-order valence-electron chi connectivity index (χ4n) is 4.73. The van der Waals surface area contributed by atoms with Crippen LogP contribution >= 0.6 is 0 Å². The summed E-state index contributed by atoms with van der Waals surface area (Å²) in [6.07, 6.45) is -2.87. The van der Waals surface area contributed by atoms with Gasteiger partial charge >= 0.3 is 6.18 Å². The van der Waals surface area contributed by atoms with Crippen molar-refractivity contribution in [2.45, 2.75) is 71.3 Å². The first kappa shape index (κ1) is 34.6. The number of hydrogen-bond donors (Lipinski definition) is 1. The molecule has 3 rings (SSSR count). The number of nitrogens with zero attached hydrogens (tertiary/aromatic N) is 2. The van der Waals surface area contributed by atoms with Gasteiger partial charge in [0.15, 0.2) is 0 Å². The van der Waals surface area contributed by atoms with Crippen LogP contribution in [0, 0.1) is 6.92 Å². The second-order valence-corrected chi connectivity index (χ2v) is 12.9. The van der Waals surface area contributed by atoms with Gasteiger partial charge in [0.05, 0.1) is 17.5 Å². The van der Waals surface area contributed by atoms with Crippen molar-refractivity contribution in [2.75, 3.05) is 17.1 Å². The van der Waals surface area contributed by atoms with Gasteiger partial charge in [-0.25, -0.2) is 8.42 Å². The van der Waals surface area contributed by atoms with Crippen molar-refractivity contribution in [2.24, 2.45) is 0 Å². The lowest BCUT2D eigenvalue weighted by atomic mass is 10.0. The Morgan fingerprint density at radius 2 is 1.59 bits per heavy atom. The zero-order chi connectivity index (χ0) is 32.5. The average molecular weight is 632 g/mol. The average Bonchev–Trinajstić information content (AvgIpc) is 2.97. The largest absolute Gasteiger partial charge is 0.416 e. The Balaban J connectivity index is 1.90. The Kier molecular flexibility index (Phi) is 12.0. The van der Waals surface area contributed by atoms with E-state index in [1.165, 1.54) is 11.0 Å². The van der Waals surface area contributed by atoms with E-state index in [1.807, 2.05) is 75.4 Å². The topological polar surface area (TPSA) is 86.8 Å². The summed E-state index contributed by atoms with van der Waals surface area (Å²) in [4.78, 5) is 29.0. The minimum atomic E-state index is -4.64. The lowest BCUT2D eigenvalue weighted by molar-refractivity contribution is -0.141. The fraction of sp³-hybridized carbons (Fsp3) is 0.394. The molecule has 0 heterocycles. The molecule has 0 aliphatic carbocycles. The van der Waals surface area contributed by atoms with E-state index in [0.29, 0.717) is 6.42 Å². The number of sulfonamides is 1. The van der Waals surface area contributed by atoms with Gasteiger partial charge in [-0.1, -0.05) is 73.2 Å². The van der Waals surface area contributed by atoms with E-state index in [-0.39, 0.29) is 55.9 Å². The number of benzene rings is 3. The second-order valence-electron chi connectivity index (χ2n) is 11.0. The van der Waals surface area contributed by atoms with Crippen LogP contribution in [0.2, 0.25) is 0 Å². The van der Waals surface area contributed by atoms with Crippen LogP contribution < -0.4 is 9.62 Å². The Morgan fingerprint density at radius 1 is 0.932 bits per heavy atom. The Hall–Kier alpha value is -3.86. The second kappa shape index (κ2) is 15.2. The molecule has 44 heavy (non-hydrogen) atoms. The van der Waals surface area contributed by atoms with E-state index in [1.54, 1.807) is 0 Å². The zero-order valence-corrected chi connectivity index (χ0v) is 26.3. The van der Waals surface area contributed by atoms with E-state index in [0.717, 1.165) is 45.5 Å². The molecular weight excluding hydrogens is 591 g/mol. The number of aryl methyl sites for hydroxylation is 1. The van der Waals surface area contributed by atoms with Crippen LogP contribution in [-0.4, -0.2) is 50.0 Å². The van der Waals surface area contributed by atoms with Gasteiger partial charge in [-0.15, -0.1) is 0 Å². The minimum absolute atomic E-state index is 0.0254. The molecule has 3 aromatic rings. The molecule has 0 aromatic heterocycles. The molecule has 0 saturated carbocycles. The van der Waals surface area contributed by atoms with Gasteiger partial charge < -0.3 is 10.2 Å². The van der Waals surface area contributed by atoms with Gasteiger partial charge in [0.1, 0.15) is 6.04 Å². The van der Waals surface area contributed by atoms with Gasteiger partial charge in [-0.3, -0.25) is 13.9 Å². The first-order valence-electron chi connectivity index (χ1n) is 14.5. The number of nitrogens with one attached hydrogen (secondary N) is 1. The molecule has 2 amide bonds. The molecule has 3 aromatic carbocycles. The summed E-state index contributed by atoms with van der Waals surface area (Å²) in [6, 6.07) is 20.1. The van der Waals surface area contributed by atoms with Crippen LogP contribution in [0.15, 0.2) is 78.9 Å². The molecule has 0 aliphatic heterocycles. The fourth-order valence-corrected chi connectivity index (χ4v) is 5.68. The van der Waals surface area contributed by atoms with E-state index < -0.39 is 27.8 Å². The Bertz CT molecular complexity index is 1500. The van der Waals surface area contributed by atoms with Crippen molar-refractivity contribution in [3.05, 3.63) is 101 Å². The van der Waals surface area contributed by atoms with E-state index in [2.05, 4.69) is 5.32 Å². The molecular formula is C33H40F3N3O4S. The SMILES string of the molecule is CCC(C)NC(=O)C(Cc1ccccc1)N(Cc1ccc(C)cc1)C(=O)CCCN(c1cccc(C(F)(F)F)c1)S(C)(=O)=O. The zero-order valence-electron chi connectivity index (χ0n) is 25.5. The molecule has 0 spiro atoms. The first-order valence-corrected chi connectivity index (χ1v) is 16.4. The molecule has 0 fully saturated rings. The molecule has 2 unspecified atom stereocenters. The van der Waals surface area contributed by atoms with Crippen LogP contribution in [-0.2, 0) is 38.8 Å². The highest BCUT2D eigenvalue weighted by Gasteiger charge is 2.33. The number of rotatable bonds is 14. The molecule has 1 N–H and O–H groups in total. The molecule has 2 atom stereocenters. The molecule has 0 radical (unpaired) electrons. The van der Waals surface area contributed by atoms with E-state index in [4.69, 9.17) is 0 Å². The molecule has 0 bridgehead atoms. The van der Waals surface area contributed by atoms with Crippen molar-refractivity contribution in [3.63, 3.8) is 0 Å². The number of alkyl halides is 3. The standard InChI is InChI=1S/C33H40F3N3O4S/c1-5-25(3)37-32(41)30(21-26-11-7-6-8-12-26)38(23-27-18-16-24(2)17-19-27)31(40)15-10-20-39(44(4,42)43)29-14-9-13-28(22-29)33(34,35)36/h6-9,11-14,16-19,22,25,30H,5,10,15,20-21,23H2,1-4H3,(H,37,41). The maximum Gasteiger partial charge on any atom is 0.416 e. The normalized spacial score (nSPS) is 13.2. The van der Waals surface area contributed by atoms with Gasteiger partial charge in [-0.2, -0.15) is 13.2 Å². The van der Waals surface area contributed by atoms with Crippen molar-refractivity contribution >= 4 is 27.5 Å².